The van der Waals surface area contributed by atoms with E-state index in [4.69, 9.17) is 14.2 Å². The summed E-state index contributed by atoms with van der Waals surface area (Å²) in [6.45, 7) is 6.83. The predicted octanol–water partition coefficient (Wildman–Crippen LogP) is 6.31. The van der Waals surface area contributed by atoms with Crippen LogP contribution in [0.25, 0.3) is 6.08 Å². The molecule has 4 rings (SSSR count). The summed E-state index contributed by atoms with van der Waals surface area (Å²) in [6, 6.07) is 19.5. The SMILES string of the molecule is COc1cc(/C=C2\SC(=O)N(CCOc3cc(C)ccc3C)C2=O)ccc1OCc1ccc(C)cc1. The van der Waals surface area contributed by atoms with Crippen LogP contribution in [-0.4, -0.2) is 36.3 Å². The van der Waals surface area contributed by atoms with E-state index >= 15 is 0 Å². The van der Waals surface area contributed by atoms with Crippen LogP contribution >= 0.6 is 11.8 Å². The van der Waals surface area contributed by atoms with E-state index in [0.29, 0.717) is 23.0 Å². The summed E-state index contributed by atoms with van der Waals surface area (Å²) in [5, 5.41) is -0.305. The second-order valence-corrected chi connectivity index (χ2v) is 9.63. The van der Waals surface area contributed by atoms with Crippen molar-refractivity contribution in [1.82, 2.24) is 4.90 Å². The van der Waals surface area contributed by atoms with E-state index in [1.165, 1.54) is 10.5 Å². The fourth-order valence-corrected chi connectivity index (χ4v) is 4.56. The Balaban J connectivity index is 1.40. The summed E-state index contributed by atoms with van der Waals surface area (Å²) in [4.78, 5) is 27.0. The van der Waals surface area contributed by atoms with E-state index in [1.54, 1.807) is 25.3 Å². The standard InChI is InChI=1S/C29H29NO5S/c1-19-6-9-22(10-7-19)18-35-24-12-11-23(16-26(24)33-4)17-27-28(31)30(29(32)36-27)13-14-34-25-15-20(2)5-8-21(25)3/h5-12,15-17H,13-14,18H2,1-4H3/b27-17-. The Bertz CT molecular complexity index is 1300. The van der Waals surface area contributed by atoms with Gasteiger partial charge in [0.1, 0.15) is 19.0 Å². The molecule has 1 aliphatic rings. The maximum absolute atomic E-state index is 12.9. The van der Waals surface area contributed by atoms with Gasteiger partial charge in [-0.25, -0.2) is 0 Å². The van der Waals surface area contributed by atoms with Crippen LogP contribution in [0.3, 0.4) is 0 Å². The molecule has 1 fully saturated rings. The monoisotopic (exact) mass is 503 g/mol. The molecule has 0 radical (unpaired) electrons. The van der Waals surface area contributed by atoms with Gasteiger partial charge in [0.05, 0.1) is 18.6 Å². The van der Waals surface area contributed by atoms with Crippen molar-refractivity contribution in [3.05, 3.63) is 93.4 Å². The van der Waals surface area contributed by atoms with Crippen LogP contribution in [0.1, 0.15) is 27.8 Å². The second kappa shape index (κ2) is 11.4. The normalized spacial score (nSPS) is 14.4. The van der Waals surface area contributed by atoms with Crippen molar-refractivity contribution < 1.29 is 23.8 Å². The first-order valence-electron chi connectivity index (χ1n) is 11.7. The van der Waals surface area contributed by atoms with E-state index in [1.807, 2.05) is 69.3 Å². The molecule has 0 saturated carbocycles. The van der Waals surface area contributed by atoms with E-state index in [9.17, 15) is 9.59 Å². The molecule has 1 heterocycles. The molecule has 0 spiro atoms. The molecule has 7 heteroatoms. The van der Waals surface area contributed by atoms with Crippen LogP contribution in [0.5, 0.6) is 17.2 Å². The quantitative estimate of drug-likeness (QED) is 0.319. The molecule has 36 heavy (non-hydrogen) atoms. The molecule has 1 saturated heterocycles. The van der Waals surface area contributed by atoms with Crippen molar-refractivity contribution in [1.29, 1.82) is 0 Å². The fourth-order valence-electron chi connectivity index (χ4n) is 3.69. The number of nitrogens with zero attached hydrogens (tertiary/aromatic N) is 1. The van der Waals surface area contributed by atoms with Crippen LogP contribution in [0.15, 0.2) is 65.6 Å². The average molecular weight is 504 g/mol. The first-order chi connectivity index (χ1) is 17.3. The Hall–Kier alpha value is -3.71. The van der Waals surface area contributed by atoms with Gasteiger partial charge >= 0.3 is 0 Å². The third kappa shape index (κ3) is 6.10. The Labute approximate surface area is 215 Å². The number of hydrogen-bond acceptors (Lipinski definition) is 6. The molecule has 3 aromatic carbocycles. The van der Waals surface area contributed by atoms with Crippen LogP contribution in [0.2, 0.25) is 0 Å². The van der Waals surface area contributed by atoms with Crippen LogP contribution < -0.4 is 14.2 Å². The number of carbonyl (C=O) groups is 2. The van der Waals surface area contributed by atoms with Crippen LogP contribution in [0.4, 0.5) is 4.79 Å². The lowest BCUT2D eigenvalue weighted by Gasteiger charge is -2.14. The Kier molecular flexibility index (Phi) is 8.00. The summed E-state index contributed by atoms with van der Waals surface area (Å²) in [6.07, 6.45) is 1.70. The zero-order valence-corrected chi connectivity index (χ0v) is 21.7. The zero-order chi connectivity index (χ0) is 25.7. The summed E-state index contributed by atoms with van der Waals surface area (Å²) in [7, 11) is 1.57. The first kappa shape index (κ1) is 25.4. The number of ether oxygens (including phenoxy) is 3. The highest BCUT2D eigenvalue weighted by Gasteiger charge is 2.34. The number of methoxy groups -OCH3 is 1. The Morgan fingerprint density at radius 1 is 0.833 bits per heavy atom. The maximum Gasteiger partial charge on any atom is 0.293 e. The summed E-state index contributed by atoms with van der Waals surface area (Å²) >= 11 is 0.926. The van der Waals surface area contributed by atoms with Crippen molar-refractivity contribution >= 4 is 29.0 Å². The highest BCUT2D eigenvalue weighted by molar-refractivity contribution is 8.18. The number of thioether (sulfide) groups is 1. The number of carbonyl (C=O) groups excluding carboxylic acids is 2. The number of rotatable bonds is 9. The highest BCUT2D eigenvalue weighted by atomic mass is 32.2. The third-order valence-electron chi connectivity index (χ3n) is 5.79. The Morgan fingerprint density at radius 3 is 2.33 bits per heavy atom. The molecule has 0 aromatic heterocycles. The van der Waals surface area contributed by atoms with E-state index in [0.717, 1.165) is 39.8 Å². The molecule has 0 unspecified atom stereocenters. The highest BCUT2D eigenvalue weighted by Crippen LogP contribution is 2.35. The Morgan fingerprint density at radius 2 is 1.58 bits per heavy atom. The zero-order valence-electron chi connectivity index (χ0n) is 20.9. The van der Waals surface area contributed by atoms with Gasteiger partial charge in [0.2, 0.25) is 0 Å². The molecule has 186 valence electrons. The van der Waals surface area contributed by atoms with Crippen LogP contribution in [-0.2, 0) is 11.4 Å². The van der Waals surface area contributed by atoms with E-state index in [-0.39, 0.29) is 24.3 Å². The lowest BCUT2D eigenvalue weighted by Crippen LogP contribution is -2.32. The minimum atomic E-state index is -0.326. The largest absolute Gasteiger partial charge is 0.493 e. The number of hydrogen-bond donors (Lipinski definition) is 0. The topological polar surface area (TPSA) is 65.1 Å². The molecule has 0 bridgehead atoms. The molecule has 3 aromatic rings. The molecular formula is C29H29NO5S. The summed E-state index contributed by atoms with van der Waals surface area (Å²) in [5.74, 6) is 1.59. The number of benzene rings is 3. The van der Waals surface area contributed by atoms with Gasteiger partial charge < -0.3 is 14.2 Å². The van der Waals surface area contributed by atoms with Gasteiger partial charge in [-0.15, -0.1) is 0 Å². The van der Waals surface area contributed by atoms with Crippen LogP contribution in [0, 0.1) is 20.8 Å². The summed E-state index contributed by atoms with van der Waals surface area (Å²) in [5.41, 5.74) is 5.09. The van der Waals surface area contributed by atoms with E-state index < -0.39 is 0 Å². The minimum Gasteiger partial charge on any atom is -0.493 e. The molecule has 1 aliphatic heterocycles. The molecule has 0 aliphatic carbocycles. The predicted molar refractivity (Wildman–Crippen MR) is 143 cm³/mol. The number of amides is 2. The third-order valence-corrected chi connectivity index (χ3v) is 6.70. The second-order valence-electron chi connectivity index (χ2n) is 8.64. The van der Waals surface area contributed by atoms with Crippen molar-refractivity contribution in [2.45, 2.75) is 27.4 Å². The van der Waals surface area contributed by atoms with E-state index in [2.05, 4.69) is 0 Å². The molecule has 6 nitrogen and oxygen atoms in total. The maximum atomic E-state index is 12.9. The molecular weight excluding hydrogens is 474 g/mol. The molecule has 2 amide bonds. The molecule has 0 atom stereocenters. The van der Waals surface area contributed by atoms with Crippen molar-refractivity contribution in [3.8, 4) is 17.2 Å². The van der Waals surface area contributed by atoms with Gasteiger partial charge in [-0.1, -0.05) is 48.0 Å². The van der Waals surface area contributed by atoms with Crippen molar-refractivity contribution in [3.63, 3.8) is 0 Å². The number of imide groups is 1. The van der Waals surface area contributed by atoms with Crippen molar-refractivity contribution in [2.24, 2.45) is 0 Å². The van der Waals surface area contributed by atoms with Gasteiger partial charge in [-0.2, -0.15) is 0 Å². The number of aryl methyl sites for hydroxylation is 3. The smallest absolute Gasteiger partial charge is 0.293 e. The first-order valence-corrected chi connectivity index (χ1v) is 12.5. The minimum absolute atomic E-state index is 0.185. The van der Waals surface area contributed by atoms with Crippen molar-refractivity contribution in [2.75, 3.05) is 20.3 Å². The average Bonchev–Trinajstić information content (AvgIpc) is 3.13. The molecule has 0 N–H and O–H groups in total. The summed E-state index contributed by atoms with van der Waals surface area (Å²) < 4.78 is 17.3. The fraction of sp³-hybridized carbons (Fsp3) is 0.241. The van der Waals surface area contributed by atoms with Gasteiger partial charge in [0.25, 0.3) is 11.1 Å². The lowest BCUT2D eigenvalue weighted by molar-refractivity contribution is -0.123. The van der Waals surface area contributed by atoms with Gasteiger partial charge in [0, 0.05) is 0 Å². The lowest BCUT2D eigenvalue weighted by atomic mass is 10.1. The van der Waals surface area contributed by atoms with Gasteiger partial charge in [0.15, 0.2) is 11.5 Å². The van der Waals surface area contributed by atoms with Gasteiger partial charge in [-0.05, 0) is 79.1 Å². The van der Waals surface area contributed by atoms with Gasteiger partial charge in [-0.3, -0.25) is 14.5 Å².